The smallest absolute Gasteiger partial charge is 0.404 e. The summed E-state index contributed by atoms with van der Waals surface area (Å²) in [4.78, 5) is 12.3. The predicted octanol–water partition coefficient (Wildman–Crippen LogP) is 2.01. The molecule has 0 amide bonds. The summed E-state index contributed by atoms with van der Waals surface area (Å²) in [5.74, 6) is 0.402. The summed E-state index contributed by atoms with van der Waals surface area (Å²) in [6.45, 7) is 8.93. The number of nitrogens with zero attached hydrogens (tertiary/aromatic N) is 2. The second-order valence-corrected chi connectivity index (χ2v) is 4.05. The van der Waals surface area contributed by atoms with E-state index in [0.29, 0.717) is 12.3 Å². The molecule has 1 aromatic rings. The summed E-state index contributed by atoms with van der Waals surface area (Å²) in [5.41, 5.74) is 0. The van der Waals surface area contributed by atoms with E-state index in [0.717, 1.165) is 32.6 Å². The molecule has 0 aromatic carbocycles. The standard InChI is InChI=1S/C12H21N3O3/c1-3-14(4-2)9-5-8-13-10-11-6-7-12(18-11)15(16)17/h6-7,13H,3-5,8-10H2,1-2H3. The van der Waals surface area contributed by atoms with Gasteiger partial charge in [-0.05, 0) is 38.7 Å². The second kappa shape index (κ2) is 7.84. The van der Waals surface area contributed by atoms with Crippen molar-refractivity contribution in [1.29, 1.82) is 0 Å². The van der Waals surface area contributed by atoms with E-state index < -0.39 is 4.92 Å². The largest absolute Gasteiger partial charge is 0.433 e. The van der Waals surface area contributed by atoms with E-state index in [1.165, 1.54) is 6.07 Å². The summed E-state index contributed by atoms with van der Waals surface area (Å²) < 4.78 is 5.04. The van der Waals surface area contributed by atoms with Crippen LogP contribution in [0, 0.1) is 10.1 Å². The molecule has 0 aliphatic rings. The third-order valence-corrected chi connectivity index (χ3v) is 2.85. The van der Waals surface area contributed by atoms with E-state index in [9.17, 15) is 10.1 Å². The van der Waals surface area contributed by atoms with Gasteiger partial charge in [0, 0.05) is 0 Å². The van der Waals surface area contributed by atoms with Crippen molar-refractivity contribution in [3.8, 4) is 0 Å². The zero-order valence-corrected chi connectivity index (χ0v) is 11.0. The minimum absolute atomic E-state index is 0.199. The van der Waals surface area contributed by atoms with Crippen LogP contribution in [0.2, 0.25) is 0 Å². The molecular formula is C12H21N3O3. The first-order valence-corrected chi connectivity index (χ1v) is 6.33. The van der Waals surface area contributed by atoms with Gasteiger partial charge in [-0.3, -0.25) is 10.1 Å². The molecule has 1 aromatic heterocycles. The summed E-state index contributed by atoms with van der Waals surface area (Å²) >= 11 is 0. The Morgan fingerprint density at radius 2 is 2.11 bits per heavy atom. The minimum atomic E-state index is -0.524. The van der Waals surface area contributed by atoms with Crippen LogP contribution in [0.3, 0.4) is 0 Å². The lowest BCUT2D eigenvalue weighted by molar-refractivity contribution is -0.402. The summed E-state index contributed by atoms with van der Waals surface area (Å²) in [7, 11) is 0. The highest BCUT2D eigenvalue weighted by molar-refractivity contribution is 5.17. The first-order valence-electron chi connectivity index (χ1n) is 6.33. The Hall–Kier alpha value is -1.40. The Balaban J connectivity index is 2.15. The fraction of sp³-hybridized carbons (Fsp3) is 0.667. The molecule has 0 aliphatic carbocycles. The molecular weight excluding hydrogens is 234 g/mol. The van der Waals surface area contributed by atoms with E-state index in [1.54, 1.807) is 6.07 Å². The van der Waals surface area contributed by atoms with E-state index >= 15 is 0 Å². The van der Waals surface area contributed by atoms with Gasteiger partial charge in [-0.25, -0.2) is 0 Å². The van der Waals surface area contributed by atoms with Crippen LogP contribution >= 0.6 is 0 Å². The lowest BCUT2D eigenvalue weighted by atomic mass is 10.3. The summed E-state index contributed by atoms with van der Waals surface area (Å²) in [5, 5.41) is 13.6. The molecule has 0 fully saturated rings. The third-order valence-electron chi connectivity index (χ3n) is 2.85. The SMILES string of the molecule is CCN(CC)CCCNCc1ccc([N+](=O)[O-])o1. The second-order valence-electron chi connectivity index (χ2n) is 4.05. The van der Waals surface area contributed by atoms with E-state index in [-0.39, 0.29) is 5.88 Å². The summed E-state index contributed by atoms with van der Waals surface area (Å²) in [6.07, 6.45) is 1.06. The van der Waals surface area contributed by atoms with Gasteiger partial charge < -0.3 is 14.6 Å². The van der Waals surface area contributed by atoms with Crippen LogP contribution in [0.25, 0.3) is 0 Å². The lowest BCUT2D eigenvalue weighted by Crippen LogP contribution is -2.27. The molecule has 0 aliphatic heterocycles. The molecule has 6 heteroatoms. The third kappa shape index (κ3) is 4.85. The van der Waals surface area contributed by atoms with Gasteiger partial charge >= 0.3 is 5.88 Å². The topological polar surface area (TPSA) is 71.5 Å². The van der Waals surface area contributed by atoms with Crippen molar-refractivity contribution in [2.24, 2.45) is 0 Å². The molecule has 1 heterocycles. The van der Waals surface area contributed by atoms with Crippen LogP contribution in [-0.4, -0.2) is 36.0 Å². The highest BCUT2D eigenvalue weighted by Crippen LogP contribution is 2.14. The van der Waals surface area contributed by atoms with Crippen molar-refractivity contribution in [1.82, 2.24) is 10.2 Å². The number of hydrogen-bond acceptors (Lipinski definition) is 5. The fourth-order valence-corrected chi connectivity index (χ4v) is 1.74. The van der Waals surface area contributed by atoms with Gasteiger partial charge in [0.15, 0.2) is 0 Å². The zero-order chi connectivity index (χ0) is 13.4. The van der Waals surface area contributed by atoms with Crippen LogP contribution in [-0.2, 0) is 6.54 Å². The van der Waals surface area contributed by atoms with Crippen LogP contribution in [0.4, 0.5) is 5.88 Å². The highest BCUT2D eigenvalue weighted by Gasteiger charge is 2.10. The number of hydrogen-bond donors (Lipinski definition) is 1. The first-order chi connectivity index (χ1) is 8.67. The van der Waals surface area contributed by atoms with Crippen molar-refractivity contribution < 1.29 is 9.34 Å². The van der Waals surface area contributed by atoms with Gasteiger partial charge in [-0.2, -0.15) is 0 Å². The lowest BCUT2D eigenvalue weighted by Gasteiger charge is -2.17. The van der Waals surface area contributed by atoms with Crippen LogP contribution in [0.15, 0.2) is 16.5 Å². The van der Waals surface area contributed by atoms with Gasteiger partial charge in [0.25, 0.3) is 0 Å². The van der Waals surface area contributed by atoms with Crippen molar-refractivity contribution in [2.45, 2.75) is 26.8 Å². The van der Waals surface area contributed by atoms with Crippen molar-refractivity contribution >= 4 is 5.88 Å². The molecule has 102 valence electrons. The number of nitrogens with one attached hydrogen (secondary N) is 1. The molecule has 18 heavy (non-hydrogen) atoms. The highest BCUT2D eigenvalue weighted by atomic mass is 16.6. The number of rotatable bonds is 9. The van der Waals surface area contributed by atoms with Gasteiger partial charge in [-0.15, -0.1) is 0 Å². The van der Waals surface area contributed by atoms with Crippen molar-refractivity contribution in [3.63, 3.8) is 0 Å². The average Bonchev–Trinajstić information content (AvgIpc) is 2.83. The monoisotopic (exact) mass is 255 g/mol. The molecule has 0 radical (unpaired) electrons. The molecule has 0 unspecified atom stereocenters. The van der Waals surface area contributed by atoms with Gasteiger partial charge in [0.2, 0.25) is 0 Å². The minimum Gasteiger partial charge on any atom is -0.404 e. The Morgan fingerprint density at radius 3 is 2.67 bits per heavy atom. The maximum absolute atomic E-state index is 10.4. The number of furan rings is 1. The maximum Gasteiger partial charge on any atom is 0.433 e. The molecule has 0 spiro atoms. The maximum atomic E-state index is 10.4. The molecule has 1 rings (SSSR count). The Bertz CT molecular complexity index is 361. The Labute approximate surface area is 107 Å². The van der Waals surface area contributed by atoms with Gasteiger partial charge in [0.1, 0.15) is 10.7 Å². The molecule has 0 saturated carbocycles. The fourth-order valence-electron chi connectivity index (χ4n) is 1.74. The van der Waals surface area contributed by atoms with E-state index in [1.807, 2.05) is 0 Å². The Kier molecular flexibility index (Phi) is 6.38. The van der Waals surface area contributed by atoms with Crippen LogP contribution in [0.5, 0.6) is 0 Å². The van der Waals surface area contributed by atoms with Crippen LogP contribution in [0.1, 0.15) is 26.0 Å². The molecule has 0 saturated heterocycles. The molecule has 0 bridgehead atoms. The molecule has 6 nitrogen and oxygen atoms in total. The van der Waals surface area contributed by atoms with Gasteiger partial charge in [-0.1, -0.05) is 13.8 Å². The van der Waals surface area contributed by atoms with E-state index in [2.05, 4.69) is 24.1 Å². The Morgan fingerprint density at radius 1 is 1.39 bits per heavy atom. The quantitative estimate of drug-likeness (QED) is 0.415. The molecule has 0 atom stereocenters. The summed E-state index contributed by atoms with van der Waals surface area (Å²) in [6, 6.07) is 3.02. The first kappa shape index (κ1) is 14.7. The zero-order valence-electron chi connectivity index (χ0n) is 11.0. The van der Waals surface area contributed by atoms with E-state index in [4.69, 9.17) is 4.42 Å². The normalized spacial score (nSPS) is 11.1. The number of nitro groups is 1. The average molecular weight is 255 g/mol. The molecule has 1 N–H and O–H groups in total. The van der Waals surface area contributed by atoms with Crippen LogP contribution < -0.4 is 5.32 Å². The van der Waals surface area contributed by atoms with Crippen molar-refractivity contribution in [3.05, 3.63) is 28.0 Å². The van der Waals surface area contributed by atoms with Crippen molar-refractivity contribution in [2.75, 3.05) is 26.2 Å². The van der Waals surface area contributed by atoms with Gasteiger partial charge in [0.05, 0.1) is 12.6 Å². The predicted molar refractivity (Wildman–Crippen MR) is 69.5 cm³/mol.